The minimum atomic E-state index is -0.616. The average molecular weight is 330 g/mol. The third-order valence-corrected chi connectivity index (χ3v) is 2.65. The van der Waals surface area contributed by atoms with Crippen molar-refractivity contribution in [3.05, 3.63) is 38.6 Å². The average Bonchev–Trinajstić information content (AvgIpc) is 2.40. The summed E-state index contributed by atoms with van der Waals surface area (Å²) in [6.07, 6.45) is 0. The van der Waals surface area contributed by atoms with Crippen LogP contribution in [0.3, 0.4) is 0 Å². The number of anilines is 1. The first-order valence-electron chi connectivity index (χ1n) is 5.77. The van der Waals surface area contributed by atoms with Crippen molar-refractivity contribution < 1.29 is 9.66 Å². The number of nitrogens with one attached hydrogen (secondary N) is 1. The molecule has 0 aliphatic rings. The van der Waals surface area contributed by atoms with E-state index in [1.165, 1.54) is 18.2 Å². The van der Waals surface area contributed by atoms with Crippen molar-refractivity contribution in [3.63, 3.8) is 0 Å². The highest BCUT2D eigenvalue weighted by Crippen LogP contribution is 2.32. The number of nitrogens with zero attached hydrogens (tertiary/aromatic N) is 4. The molecule has 0 amide bonds. The lowest BCUT2D eigenvalue weighted by molar-refractivity contribution is -0.385. The molecule has 0 spiro atoms. The highest BCUT2D eigenvalue weighted by atomic mass is 35.5. The Morgan fingerprint density at radius 3 is 2.76 bits per heavy atom. The number of rotatable bonds is 5. The van der Waals surface area contributed by atoms with Crippen LogP contribution in [-0.2, 0) is 0 Å². The summed E-state index contributed by atoms with van der Waals surface area (Å²) in [5.74, 6) is 0.165. The number of aromatic nitrogens is 3. The van der Waals surface area contributed by atoms with E-state index in [1.54, 1.807) is 0 Å². The van der Waals surface area contributed by atoms with E-state index in [-0.39, 0.29) is 33.7 Å². The van der Waals surface area contributed by atoms with Gasteiger partial charge in [0.2, 0.25) is 17.0 Å². The first-order valence-corrected chi connectivity index (χ1v) is 6.52. The molecule has 2 aromatic rings. The first kappa shape index (κ1) is 15.2. The molecule has 0 aliphatic heterocycles. The van der Waals surface area contributed by atoms with E-state index >= 15 is 0 Å². The third-order valence-electron chi connectivity index (χ3n) is 2.24. The second-order valence-electron chi connectivity index (χ2n) is 3.71. The Balaban J connectivity index is 2.36. The summed E-state index contributed by atoms with van der Waals surface area (Å²) in [5, 5.41) is 13.9. The largest absolute Gasteiger partial charge is 0.417 e. The molecule has 0 radical (unpaired) electrons. The van der Waals surface area contributed by atoms with Crippen LogP contribution in [0.5, 0.6) is 11.8 Å². The number of nitro groups is 1. The molecule has 0 aliphatic carbocycles. The SMILES string of the molecule is CCNc1nc(Cl)nc(Oc2ccc(Cl)cc2[N+](=O)[O-])n1. The fourth-order valence-electron chi connectivity index (χ4n) is 1.43. The fourth-order valence-corrected chi connectivity index (χ4v) is 1.75. The molecule has 0 fully saturated rings. The quantitative estimate of drug-likeness (QED) is 0.662. The van der Waals surface area contributed by atoms with E-state index < -0.39 is 4.92 Å². The van der Waals surface area contributed by atoms with E-state index in [1.807, 2.05) is 6.92 Å². The van der Waals surface area contributed by atoms with Crippen LogP contribution in [0.4, 0.5) is 11.6 Å². The highest BCUT2D eigenvalue weighted by molar-refractivity contribution is 6.30. The third kappa shape index (κ3) is 3.89. The Bertz CT molecular complexity index is 683. The minimum Gasteiger partial charge on any atom is -0.417 e. The van der Waals surface area contributed by atoms with E-state index in [0.29, 0.717) is 6.54 Å². The van der Waals surface area contributed by atoms with Crippen molar-refractivity contribution in [1.82, 2.24) is 15.0 Å². The van der Waals surface area contributed by atoms with Gasteiger partial charge >= 0.3 is 11.7 Å². The van der Waals surface area contributed by atoms with Gasteiger partial charge in [-0.15, -0.1) is 0 Å². The fraction of sp³-hybridized carbons (Fsp3) is 0.182. The van der Waals surface area contributed by atoms with Crippen LogP contribution in [-0.4, -0.2) is 26.4 Å². The van der Waals surface area contributed by atoms with Crippen LogP contribution < -0.4 is 10.1 Å². The maximum Gasteiger partial charge on any atom is 0.328 e. The van der Waals surface area contributed by atoms with Crippen LogP contribution >= 0.6 is 23.2 Å². The molecule has 0 saturated carbocycles. The summed E-state index contributed by atoms with van der Waals surface area (Å²) in [6.45, 7) is 2.42. The summed E-state index contributed by atoms with van der Waals surface area (Å²) in [5.41, 5.74) is -0.302. The lowest BCUT2D eigenvalue weighted by Gasteiger charge is -2.07. The summed E-state index contributed by atoms with van der Waals surface area (Å²) in [6, 6.07) is 3.82. The number of hydrogen-bond donors (Lipinski definition) is 1. The summed E-state index contributed by atoms with van der Waals surface area (Å²) in [4.78, 5) is 21.9. The Labute approximate surface area is 129 Å². The van der Waals surface area contributed by atoms with E-state index in [4.69, 9.17) is 27.9 Å². The Morgan fingerprint density at radius 2 is 2.10 bits per heavy atom. The van der Waals surface area contributed by atoms with Gasteiger partial charge < -0.3 is 10.1 Å². The number of nitro benzene ring substituents is 1. The van der Waals surface area contributed by atoms with Crippen molar-refractivity contribution in [1.29, 1.82) is 0 Å². The van der Waals surface area contributed by atoms with Crippen molar-refractivity contribution in [3.8, 4) is 11.8 Å². The molecule has 1 N–H and O–H groups in total. The van der Waals surface area contributed by atoms with Crippen molar-refractivity contribution in [2.24, 2.45) is 0 Å². The lowest BCUT2D eigenvalue weighted by Crippen LogP contribution is -2.05. The Hall–Kier alpha value is -2.19. The van der Waals surface area contributed by atoms with Gasteiger partial charge in [0.25, 0.3) is 0 Å². The summed E-state index contributed by atoms with van der Waals surface area (Å²) < 4.78 is 5.31. The molecular formula is C11H9Cl2N5O3. The molecule has 8 nitrogen and oxygen atoms in total. The number of halogens is 2. The predicted molar refractivity (Wildman–Crippen MR) is 77.2 cm³/mol. The van der Waals surface area contributed by atoms with Crippen LogP contribution in [0.2, 0.25) is 10.3 Å². The zero-order valence-electron chi connectivity index (χ0n) is 10.7. The molecule has 0 atom stereocenters. The molecule has 0 bridgehead atoms. The molecule has 0 unspecified atom stereocenters. The molecule has 2 rings (SSSR count). The maximum atomic E-state index is 11.0. The summed E-state index contributed by atoms with van der Waals surface area (Å²) in [7, 11) is 0. The maximum absolute atomic E-state index is 11.0. The van der Waals surface area contributed by atoms with Crippen molar-refractivity contribution in [2.75, 3.05) is 11.9 Å². The number of ether oxygens (including phenoxy) is 1. The first-order chi connectivity index (χ1) is 9.99. The molecular weight excluding hydrogens is 321 g/mol. The molecule has 1 aromatic heterocycles. The zero-order chi connectivity index (χ0) is 15.4. The van der Waals surface area contributed by atoms with Gasteiger partial charge in [-0.1, -0.05) is 11.6 Å². The van der Waals surface area contributed by atoms with Gasteiger partial charge in [0.05, 0.1) is 4.92 Å². The van der Waals surface area contributed by atoms with Gasteiger partial charge in [-0.3, -0.25) is 10.1 Å². The van der Waals surface area contributed by atoms with Gasteiger partial charge in [-0.2, -0.15) is 15.0 Å². The molecule has 1 aromatic carbocycles. The van der Waals surface area contributed by atoms with Gasteiger partial charge in [0.1, 0.15) is 0 Å². The monoisotopic (exact) mass is 329 g/mol. The van der Waals surface area contributed by atoms with Crippen LogP contribution in [0.1, 0.15) is 6.92 Å². The molecule has 0 saturated heterocycles. The normalized spacial score (nSPS) is 10.2. The minimum absolute atomic E-state index is 0.0471. The Morgan fingerprint density at radius 1 is 1.33 bits per heavy atom. The summed E-state index contributed by atoms with van der Waals surface area (Å²) >= 11 is 11.5. The van der Waals surface area contributed by atoms with Crippen LogP contribution in [0, 0.1) is 10.1 Å². The van der Waals surface area contributed by atoms with E-state index in [2.05, 4.69) is 20.3 Å². The van der Waals surface area contributed by atoms with Gasteiger partial charge in [0, 0.05) is 17.6 Å². The molecule has 1 heterocycles. The topological polar surface area (TPSA) is 103 Å². The van der Waals surface area contributed by atoms with Crippen molar-refractivity contribution >= 4 is 34.8 Å². The zero-order valence-corrected chi connectivity index (χ0v) is 12.2. The molecule has 21 heavy (non-hydrogen) atoms. The van der Waals surface area contributed by atoms with Crippen LogP contribution in [0.15, 0.2) is 18.2 Å². The smallest absolute Gasteiger partial charge is 0.328 e. The molecule has 10 heteroatoms. The van der Waals surface area contributed by atoms with E-state index in [0.717, 1.165) is 0 Å². The number of benzene rings is 1. The standard InChI is InChI=1S/C11H9Cl2N5O3/c1-2-14-10-15-9(13)16-11(17-10)21-8-4-3-6(12)5-7(8)18(19)20/h3-5H,2H2,1H3,(H,14,15,16,17). The highest BCUT2D eigenvalue weighted by Gasteiger charge is 2.18. The van der Waals surface area contributed by atoms with Gasteiger partial charge in [-0.25, -0.2) is 0 Å². The molecule has 110 valence electrons. The lowest BCUT2D eigenvalue weighted by atomic mass is 10.3. The second kappa shape index (κ2) is 6.51. The van der Waals surface area contributed by atoms with E-state index in [9.17, 15) is 10.1 Å². The van der Waals surface area contributed by atoms with Gasteiger partial charge in [0.15, 0.2) is 0 Å². The Kier molecular flexibility index (Phi) is 4.71. The van der Waals surface area contributed by atoms with Gasteiger partial charge in [-0.05, 0) is 30.7 Å². The predicted octanol–water partition coefficient (Wildman–Crippen LogP) is 3.31. The van der Waals surface area contributed by atoms with Crippen molar-refractivity contribution in [2.45, 2.75) is 6.92 Å². The van der Waals surface area contributed by atoms with Crippen LogP contribution in [0.25, 0.3) is 0 Å². The second-order valence-corrected chi connectivity index (χ2v) is 4.49. The number of hydrogen-bond acceptors (Lipinski definition) is 7.